The van der Waals surface area contributed by atoms with Crippen LogP contribution in [0.15, 0.2) is 48.5 Å². The maximum absolute atomic E-state index is 13.3. The third-order valence-electron chi connectivity index (χ3n) is 6.24. The molecule has 0 aromatic heterocycles. The summed E-state index contributed by atoms with van der Waals surface area (Å²) in [5.74, 6) is 0. The first-order valence-corrected chi connectivity index (χ1v) is 10.9. The third kappa shape index (κ3) is 6.09. The van der Waals surface area contributed by atoms with Gasteiger partial charge < -0.3 is 10.5 Å². The number of halogens is 6. The number of carbonyl (C=O) groups excluding carboxylic acids is 1. The van der Waals surface area contributed by atoms with E-state index in [0.717, 1.165) is 5.56 Å². The van der Waals surface area contributed by atoms with E-state index in [1.165, 1.54) is 6.92 Å². The van der Waals surface area contributed by atoms with Gasteiger partial charge in [0.2, 0.25) is 0 Å². The van der Waals surface area contributed by atoms with Gasteiger partial charge in [0, 0.05) is 0 Å². The Balaban J connectivity index is 1.89. The molecule has 2 amide bonds. The molecule has 3 atom stereocenters. The van der Waals surface area contributed by atoms with E-state index in [1.54, 1.807) is 30.3 Å². The summed E-state index contributed by atoms with van der Waals surface area (Å²) in [6.45, 7) is 8.74. The van der Waals surface area contributed by atoms with Crippen LogP contribution in [-0.2, 0) is 22.6 Å². The largest absolute Gasteiger partial charge is 0.416 e. The highest BCUT2D eigenvalue weighted by Crippen LogP contribution is 2.39. The zero-order chi connectivity index (χ0) is 26.8. The molecule has 0 unspecified atom stereocenters. The summed E-state index contributed by atoms with van der Waals surface area (Å²) >= 11 is 0. The molecule has 0 spiro atoms. The van der Waals surface area contributed by atoms with Crippen molar-refractivity contribution in [2.45, 2.75) is 49.4 Å². The van der Waals surface area contributed by atoms with Crippen molar-refractivity contribution in [1.29, 1.82) is 0 Å². The number of nitrogens with two attached hydrogens (primary N) is 1. The Labute approximate surface area is 203 Å². The number of nitrogens with zero attached hydrogens (tertiary/aromatic N) is 1. The van der Waals surface area contributed by atoms with Crippen molar-refractivity contribution in [1.82, 2.24) is 10.6 Å². The molecule has 1 heterocycles. The van der Waals surface area contributed by atoms with Gasteiger partial charge in [0.15, 0.2) is 0 Å². The fraction of sp³-hybridized carbons (Fsp3) is 0.417. The number of ether oxygens (including phenoxy) is 1. The summed E-state index contributed by atoms with van der Waals surface area (Å²) in [4.78, 5) is 14.9. The molecule has 194 valence electrons. The normalized spacial score (nSPS) is 23.5. The van der Waals surface area contributed by atoms with Crippen LogP contribution < -0.4 is 16.4 Å². The van der Waals surface area contributed by atoms with Gasteiger partial charge in [-0.05, 0) is 42.7 Å². The molecular formula is C24H24F6N4O2. The van der Waals surface area contributed by atoms with Gasteiger partial charge >= 0.3 is 24.0 Å². The lowest BCUT2D eigenvalue weighted by Crippen LogP contribution is -2.63. The molecule has 36 heavy (non-hydrogen) atoms. The fourth-order valence-electron chi connectivity index (χ4n) is 4.16. The van der Waals surface area contributed by atoms with E-state index in [1.807, 2.05) is 0 Å². The van der Waals surface area contributed by atoms with Gasteiger partial charge in [-0.3, -0.25) is 15.5 Å². The second-order valence-corrected chi connectivity index (χ2v) is 8.73. The number of piperidine rings is 1. The number of rotatable bonds is 6. The van der Waals surface area contributed by atoms with E-state index in [0.29, 0.717) is 12.1 Å². The zero-order valence-corrected chi connectivity index (χ0v) is 19.1. The minimum atomic E-state index is -4.97. The summed E-state index contributed by atoms with van der Waals surface area (Å²) in [6.07, 6.45) is -10.6. The Morgan fingerprint density at radius 1 is 1.11 bits per heavy atom. The van der Waals surface area contributed by atoms with Gasteiger partial charge in [-0.25, -0.2) is 11.4 Å². The van der Waals surface area contributed by atoms with Crippen LogP contribution in [0.5, 0.6) is 0 Å². The highest BCUT2D eigenvalue weighted by Gasteiger charge is 2.49. The molecule has 0 saturated carbocycles. The van der Waals surface area contributed by atoms with Crippen molar-refractivity contribution in [2.75, 3.05) is 13.2 Å². The lowest BCUT2D eigenvalue weighted by Gasteiger charge is -2.42. The van der Waals surface area contributed by atoms with Crippen LogP contribution in [-0.4, -0.2) is 24.8 Å². The van der Waals surface area contributed by atoms with Crippen LogP contribution in [0.1, 0.15) is 48.1 Å². The van der Waals surface area contributed by atoms with Gasteiger partial charge in [0.05, 0.1) is 42.3 Å². The van der Waals surface area contributed by atoms with E-state index >= 15 is 0 Å². The van der Waals surface area contributed by atoms with Crippen LogP contribution in [0.25, 0.3) is 4.85 Å². The molecule has 1 saturated heterocycles. The number of benzene rings is 2. The Morgan fingerprint density at radius 2 is 1.69 bits per heavy atom. The number of amides is 2. The fourth-order valence-corrected chi connectivity index (χ4v) is 4.16. The number of primary amides is 1. The number of hydrogen-bond acceptors (Lipinski definition) is 3. The van der Waals surface area contributed by atoms with Gasteiger partial charge in [-0.1, -0.05) is 30.3 Å². The van der Waals surface area contributed by atoms with Crippen molar-refractivity contribution >= 4 is 6.03 Å². The average molecular weight is 514 g/mol. The first kappa shape index (κ1) is 27.3. The maximum atomic E-state index is 13.3. The molecular weight excluding hydrogens is 490 g/mol. The first-order valence-electron chi connectivity index (χ1n) is 10.9. The lowest BCUT2D eigenvalue weighted by molar-refractivity contribution is -0.143. The predicted octanol–water partition coefficient (Wildman–Crippen LogP) is 5.36. The zero-order valence-electron chi connectivity index (χ0n) is 19.1. The molecule has 0 aliphatic carbocycles. The first-order chi connectivity index (χ1) is 16.7. The third-order valence-corrected chi connectivity index (χ3v) is 6.24. The Bertz CT molecular complexity index is 1090. The molecule has 0 bridgehead atoms. The second-order valence-electron chi connectivity index (χ2n) is 8.73. The SMILES string of the molecule is [C-]#[N+][C@@]1(NC(N)=O)CC[C@@](CO[C@H](C)c2cc(C(F)(F)F)cc(C(F)(F)F)c2)(c2ccccc2)NC1. The van der Waals surface area contributed by atoms with Gasteiger partial charge in [-0.15, -0.1) is 0 Å². The summed E-state index contributed by atoms with van der Waals surface area (Å²) in [6, 6.07) is 9.39. The minimum Gasteiger partial charge on any atom is -0.372 e. The number of nitrogens with one attached hydrogen (secondary N) is 2. The van der Waals surface area contributed by atoms with Gasteiger partial charge in [0.1, 0.15) is 0 Å². The van der Waals surface area contributed by atoms with Crippen molar-refractivity contribution in [3.8, 4) is 0 Å². The highest BCUT2D eigenvalue weighted by atomic mass is 19.4. The van der Waals surface area contributed by atoms with E-state index in [-0.39, 0.29) is 37.6 Å². The van der Waals surface area contributed by atoms with Crippen molar-refractivity contribution < 1.29 is 35.9 Å². The van der Waals surface area contributed by atoms with E-state index in [9.17, 15) is 31.1 Å². The molecule has 6 nitrogen and oxygen atoms in total. The average Bonchev–Trinajstić information content (AvgIpc) is 2.82. The number of carbonyl (C=O) groups is 1. The molecule has 2 aromatic carbocycles. The Morgan fingerprint density at radius 3 is 2.14 bits per heavy atom. The molecule has 2 aromatic rings. The van der Waals surface area contributed by atoms with E-state index in [4.69, 9.17) is 17.0 Å². The van der Waals surface area contributed by atoms with Crippen LogP contribution in [0.2, 0.25) is 0 Å². The summed E-state index contributed by atoms with van der Waals surface area (Å²) in [7, 11) is 0. The monoisotopic (exact) mass is 514 g/mol. The van der Waals surface area contributed by atoms with Crippen LogP contribution in [0.3, 0.4) is 0 Å². The van der Waals surface area contributed by atoms with Crippen LogP contribution in [0, 0.1) is 6.57 Å². The van der Waals surface area contributed by atoms with Gasteiger partial charge in [-0.2, -0.15) is 26.3 Å². The standard InChI is InChI=1S/C24H24F6N4O2/c1-15(16-10-18(23(25,26)27)12-19(11-16)24(28,29)30)36-14-21(17-6-4-3-5-7-17)8-9-22(32-2,13-33-21)34-20(31)35/h3-7,10-12,15,33H,8-9,13-14H2,1H3,(H3,31,34,35)/t15-,21-,22-/m1/s1. The summed E-state index contributed by atoms with van der Waals surface area (Å²) in [5.41, 5.74) is 0.621. The number of hydrogen-bond donors (Lipinski definition) is 3. The summed E-state index contributed by atoms with van der Waals surface area (Å²) < 4.78 is 85.5. The molecule has 1 fully saturated rings. The summed E-state index contributed by atoms with van der Waals surface area (Å²) in [5, 5.41) is 5.64. The maximum Gasteiger partial charge on any atom is 0.416 e. The van der Waals surface area contributed by atoms with Crippen LogP contribution >= 0.6 is 0 Å². The quantitative estimate of drug-likeness (QED) is 0.359. The molecule has 3 rings (SSSR count). The minimum absolute atomic E-state index is 0.00610. The molecule has 1 aliphatic rings. The van der Waals surface area contributed by atoms with E-state index < -0.39 is 46.8 Å². The lowest BCUT2D eigenvalue weighted by atomic mass is 9.79. The Hall–Kier alpha value is -3.30. The van der Waals surface area contributed by atoms with Crippen molar-refractivity contribution in [2.24, 2.45) is 5.73 Å². The van der Waals surface area contributed by atoms with Crippen molar-refractivity contribution in [3.63, 3.8) is 0 Å². The van der Waals surface area contributed by atoms with E-state index in [2.05, 4.69) is 15.5 Å². The van der Waals surface area contributed by atoms with Crippen molar-refractivity contribution in [3.05, 3.63) is 82.2 Å². The molecule has 12 heteroatoms. The number of urea groups is 1. The molecule has 0 radical (unpaired) electrons. The Kier molecular flexibility index (Phi) is 7.57. The topological polar surface area (TPSA) is 80.7 Å². The smallest absolute Gasteiger partial charge is 0.372 e. The van der Waals surface area contributed by atoms with Gasteiger partial charge in [0.25, 0.3) is 0 Å². The molecule has 4 N–H and O–H groups in total. The second kappa shape index (κ2) is 9.99. The molecule has 1 aliphatic heterocycles. The van der Waals surface area contributed by atoms with Crippen LogP contribution in [0.4, 0.5) is 31.1 Å². The number of alkyl halides is 6. The predicted molar refractivity (Wildman–Crippen MR) is 118 cm³/mol. The highest BCUT2D eigenvalue weighted by molar-refractivity contribution is 5.73.